The van der Waals surface area contributed by atoms with Gasteiger partial charge in [-0.2, -0.15) is 0 Å². The number of phenols is 2. The first-order chi connectivity index (χ1) is 9.99. The van der Waals surface area contributed by atoms with Gasteiger partial charge in [-0.15, -0.1) is 0 Å². The van der Waals surface area contributed by atoms with Crippen LogP contribution in [0.5, 0.6) is 11.5 Å². The molecule has 0 radical (unpaired) electrons. The summed E-state index contributed by atoms with van der Waals surface area (Å²) in [6.07, 6.45) is 0. The number of aliphatic carboxylic acids is 1. The van der Waals surface area contributed by atoms with E-state index in [1.807, 2.05) is 0 Å². The molecule has 0 aromatic heterocycles. The van der Waals surface area contributed by atoms with Crippen molar-refractivity contribution in [2.75, 3.05) is 0 Å². The number of benzene rings is 2. The van der Waals surface area contributed by atoms with Crippen LogP contribution in [0.1, 0.15) is 22.0 Å². The normalized spacial score (nSPS) is 11.6. The van der Waals surface area contributed by atoms with E-state index in [1.54, 1.807) is 30.3 Å². The van der Waals surface area contributed by atoms with E-state index in [0.717, 1.165) is 12.1 Å². The van der Waals surface area contributed by atoms with Crippen molar-refractivity contribution in [3.8, 4) is 11.5 Å². The van der Waals surface area contributed by atoms with Gasteiger partial charge in [-0.3, -0.25) is 4.79 Å². The van der Waals surface area contributed by atoms with E-state index in [2.05, 4.69) is 5.32 Å². The minimum atomic E-state index is -1.20. The third-order valence-corrected chi connectivity index (χ3v) is 2.89. The van der Waals surface area contributed by atoms with Crippen LogP contribution in [-0.2, 0) is 4.79 Å². The van der Waals surface area contributed by atoms with Gasteiger partial charge in [0, 0.05) is 5.56 Å². The molecule has 0 fully saturated rings. The molecular weight excluding hydrogens is 274 g/mol. The van der Waals surface area contributed by atoms with Crippen molar-refractivity contribution in [2.45, 2.75) is 6.04 Å². The summed E-state index contributed by atoms with van der Waals surface area (Å²) in [5.74, 6) is -2.67. The largest absolute Gasteiger partial charge is 0.504 e. The summed E-state index contributed by atoms with van der Waals surface area (Å²) in [7, 11) is 0. The molecule has 1 atom stereocenters. The number of hydrogen-bond acceptors (Lipinski definition) is 4. The van der Waals surface area contributed by atoms with E-state index in [9.17, 15) is 24.9 Å². The molecular formula is C15H13NO5. The first-order valence-electron chi connectivity index (χ1n) is 6.09. The molecule has 0 aliphatic heterocycles. The highest BCUT2D eigenvalue weighted by Gasteiger charge is 2.22. The number of carboxylic acid groups (broad SMARTS) is 1. The zero-order valence-electron chi connectivity index (χ0n) is 10.9. The van der Waals surface area contributed by atoms with Gasteiger partial charge in [0.25, 0.3) is 5.91 Å². The zero-order valence-corrected chi connectivity index (χ0v) is 10.9. The number of nitrogens with one attached hydrogen (secondary N) is 1. The topological polar surface area (TPSA) is 107 Å². The second-order valence-corrected chi connectivity index (χ2v) is 4.36. The molecule has 6 heteroatoms. The fourth-order valence-electron chi connectivity index (χ4n) is 1.81. The third kappa shape index (κ3) is 3.30. The van der Waals surface area contributed by atoms with Crippen LogP contribution in [0.15, 0.2) is 48.5 Å². The lowest BCUT2D eigenvalue weighted by Crippen LogP contribution is -2.33. The van der Waals surface area contributed by atoms with Crippen LogP contribution >= 0.6 is 0 Å². The Morgan fingerprint density at radius 3 is 2.19 bits per heavy atom. The maximum Gasteiger partial charge on any atom is 0.330 e. The smallest absolute Gasteiger partial charge is 0.330 e. The number of carboxylic acids is 1. The van der Waals surface area contributed by atoms with Crippen LogP contribution < -0.4 is 5.32 Å². The fraction of sp³-hybridized carbons (Fsp3) is 0.0667. The lowest BCUT2D eigenvalue weighted by atomic mass is 10.1. The summed E-state index contributed by atoms with van der Waals surface area (Å²) >= 11 is 0. The van der Waals surface area contributed by atoms with E-state index < -0.39 is 23.7 Å². The maximum absolute atomic E-state index is 12.0. The molecule has 0 saturated carbocycles. The Kier molecular flexibility index (Phi) is 4.08. The lowest BCUT2D eigenvalue weighted by Gasteiger charge is -2.15. The van der Waals surface area contributed by atoms with Gasteiger partial charge in [0.15, 0.2) is 17.5 Å². The minimum absolute atomic E-state index is 0.0486. The standard InChI is InChI=1S/C15H13NO5/c17-11-7-6-10(8-12(11)18)14(19)16-13(15(20)21)9-4-2-1-3-5-9/h1-8,13,17-18H,(H,16,19)(H,20,21)/t13-/m0/s1. The molecule has 0 saturated heterocycles. The Morgan fingerprint density at radius 2 is 1.62 bits per heavy atom. The molecule has 0 aliphatic rings. The molecule has 21 heavy (non-hydrogen) atoms. The molecule has 0 bridgehead atoms. The lowest BCUT2D eigenvalue weighted by molar-refractivity contribution is -0.139. The molecule has 6 nitrogen and oxygen atoms in total. The average Bonchev–Trinajstić information content (AvgIpc) is 2.48. The quantitative estimate of drug-likeness (QED) is 0.640. The van der Waals surface area contributed by atoms with Gasteiger partial charge in [0.2, 0.25) is 0 Å². The molecule has 2 aromatic rings. The summed E-state index contributed by atoms with van der Waals surface area (Å²) in [5, 5.41) is 30.1. The van der Waals surface area contributed by atoms with Gasteiger partial charge >= 0.3 is 5.97 Å². The van der Waals surface area contributed by atoms with Crippen molar-refractivity contribution in [3.63, 3.8) is 0 Å². The summed E-state index contributed by atoms with van der Waals surface area (Å²) < 4.78 is 0. The maximum atomic E-state index is 12.0. The van der Waals surface area contributed by atoms with Gasteiger partial charge in [0.1, 0.15) is 0 Å². The second-order valence-electron chi connectivity index (χ2n) is 4.36. The van der Waals surface area contributed by atoms with Crippen LogP contribution in [0, 0.1) is 0 Å². The SMILES string of the molecule is O=C(N[C@H](C(=O)O)c1ccccc1)c1ccc(O)c(O)c1. The van der Waals surface area contributed by atoms with Crippen molar-refractivity contribution in [3.05, 3.63) is 59.7 Å². The molecule has 0 aliphatic carbocycles. The van der Waals surface area contributed by atoms with Crippen LogP contribution in [0.2, 0.25) is 0 Å². The van der Waals surface area contributed by atoms with Gasteiger partial charge in [0.05, 0.1) is 0 Å². The van der Waals surface area contributed by atoms with Crippen LogP contribution in [0.4, 0.5) is 0 Å². The number of amides is 1. The molecule has 108 valence electrons. The Balaban J connectivity index is 2.23. The van der Waals surface area contributed by atoms with Crippen molar-refractivity contribution in [2.24, 2.45) is 0 Å². The van der Waals surface area contributed by atoms with Crippen molar-refractivity contribution in [1.29, 1.82) is 0 Å². The number of carbonyl (C=O) groups is 2. The monoisotopic (exact) mass is 287 g/mol. The Bertz CT molecular complexity index is 669. The summed E-state index contributed by atoms with van der Waals surface area (Å²) in [4.78, 5) is 23.3. The van der Waals surface area contributed by atoms with E-state index in [4.69, 9.17) is 0 Å². The van der Waals surface area contributed by atoms with E-state index in [1.165, 1.54) is 6.07 Å². The van der Waals surface area contributed by atoms with Crippen LogP contribution in [0.3, 0.4) is 0 Å². The van der Waals surface area contributed by atoms with Gasteiger partial charge in [-0.1, -0.05) is 30.3 Å². The highest BCUT2D eigenvalue weighted by Crippen LogP contribution is 2.25. The van der Waals surface area contributed by atoms with Crippen LogP contribution in [-0.4, -0.2) is 27.2 Å². The predicted molar refractivity (Wildman–Crippen MR) is 74.1 cm³/mol. The molecule has 0 heterocycles. The first-order valence-corrected chi connectivity index (χ1v) is 6.09. The molecule has 4 N–H and O–H groups in total. The highest BCUT2D eigenvalue weighted by molar-refractivity contribution is 5.97. The summed E-state index contributed by atoms with van der Waals surface area (Å²) in [6.45, 7) is 0. The first kappa shape index (κ1) is 14.4. The third-order valence-electron chi connectivity index (χ3n) is 2.89. The number of hydrogen-bond donors (Lipinski definition) is 4. The Morgan fingerprint density at radius 1 is 0.952 bits per heavy atom. The Labute approximate surface area is 120 Å². The van der Waals surface area contributed by atoms with Crippen LogP contribution in [0.25, 0.3) is 0 Å². The van der Waals surface area contributed by atoms with E-state index in [0.29, 0.717) is 5.56 Å². The molecule has 1 amide bonds. The average molecular weight is 287 g/mol. The number of rotatable bonds is 4. The van der Waals surface area contributed by atoms with Crippen molar-refractivity contribution in [1.82, 2.24) is 5.32 Å². The summed E-state index contributed by atoms with van der Waals surface area (Å²) in [5.41, 5.74) is 0.480. The van der Waals surface area contributed by atoms with E-state index >= 15 is 0 Å². The van der Waals surface area contributed by atoms with Crippen molar-refractivity contribution < 1.29 is 24.9 Å². The Hall–Kier alpha value is -3.02. The van der Waals surface area contributed by atoms with E-state index in [-0.39, 0.29) is 11.3 Å². The predicted octanol–water partition coefficient (Wildman–Crippen LogP) is 1.65. The number of carbonyl (C=O) groups excluding carboxylic acids is 1. The molecule has 2 aromatic carbocycles. The molecule has 0 unspecified atom stereocenters. The van der Waals surface area contributed by atoms with Gasteiger partial charge in [-0.05, 0) is 23.8 Å². The number of aromatic hydroxyl groups is 2. The van der Waals surface area contributed by atoms with Gasteiger partial charge in [-0.25, -0.2) is 4.79 Å². The highest BCUT2D eigenvalue weighted by atomic mass is 16.4. The minimum Gasteiger partial charge on any atom is -0.504 e. The zero-order chi connectivity index (χ0) is 15.4. The molecule has 2 rings (SSSR count). The molecule has 0 spiro atoms. The summed E-state index contributed by atoms with van der Waals surface area (Å²) in [6, 6.07) is 10.6. The van der Waals surface area contributed by atoms with Gasteiger partial charge < -0.3 is 20.6 Å². The second kappa shape index (κ2) is 5.96. The van der Waals surface area contributed by atoms with Crippen molar-refractivity contribution >= 4 is 11.9 Å². The fourth-order valence-corrected chi connectivity index (χ4v) is 1.81. The number of phenolic OH excluding ortho intramolecular Hbond substituents is 2.